The van der Waals surface area contributed by atoms with Crippen molar-refractivity contribution in [3.63, 3.8) is 0 Å². The van der Waals surface area contributed by atoms with Gasteiger partial charge in [-0.1, -0.05) is 200 Å². The number of amides is 3. The second kappa shape index (κ2) is 41.4. The third kappa shape index (κ3) is 18.3. The Kier molecular flexibility index (Phi) is 31.1. The summed E-state index contributed by atoms with van der Waals surface area (Å²) in [4.78, 5) is 120. The van der Waals surface area contributed by atoms with Crippen LogP contribution in [0.15, 0.2) is 107 Å². The lowest BCUT2D eigenvalue weighted by molar-refractivity contribution is -0.129. The number of hydrogen-bond donors (Lipinski definition) is 3. The minimum atomic E-state index is -1.01. The van der Waals surface area contributed by atoms with Gasteiger partial charge in [-0.15, -0.1) is 0 Å². The van der Waals surface area contributed by atoms with Crippen LogP contribution in [0.1, 0.15) is 131 Å². The number of nitrogen functional groups attached to an aromatic ring is 3. The van der Waals surface area contributed by atoms with E-state index >= 15 is 13.2 Å². The molecule has 12 heterocycles. The van der Waals surface area contributed by atoms with Gasteiger partial charge in [0.05, 0.1) is 131 Å². The molecule has 3 amide bonds. The van der Waals surface area contributed by atoms with Gasteiger partial charge in [-0.05, 0) is 131 Å². The van der Waals surface area contributed by atoms with E-state index in [1.165, 1.54) is 50.1 Å². The number of carbonyl (C=O) groups is 3. The normalized spacial score (nSPS) is 15.0. The first kappa shape index (κ1) is 104. The maximum Gasteiger partial charge on any atom is 0.276 e. The predicted octanol–water partition coefficient (Wildman–Crippen LogP) is 21.9. The Bertz CT molecular complexity index is 6780. The summed E-state index contributed by atoms with van der Waals surface area (Å²) in [6, 6.07) is 15.3. The lowest BCUT2D eigenvalue weighted by atomic mass is 10.0. The number of nitrogens with zero attached hydrogens (tertiary/aromatic N) is 18. The van der Waals surface area contributed by atoms with Crippen LogP contribution in [0.5, 0.6) is 0 Å². The number of benzene rings is 3. The van der Waals surface area contributed by atoms with E-state index in [-0.39, 0.29) is 168 Å². The van der Waals surface area contributed by atoms with Crippen molar-refractivity contribution in [2.24, 2.45) is 0 Å². The maximum atomic E-state index is 15.1. The highest BCUT2D eigenvalue weighted by Gasteiger charge is 2.40. The first-order valence-corrected chi connectivity index (χ1v) is 47.1. The highest BCUT2D eigenvalue weighted by atomic mass is 35.5. The molecule has 15 rings (SSSR count). The Labute approximate surface area is 850 Å². The SMILES string of the molecule is C=CC(=O)N1CCN(c2c(C#N)c(=O)n(-c3c(C)ccnc3C(C)C)c3nc(-c4c(Cl)c(N)c(Cl)c(F)c4Cl)c(Cl)cc23)C[C@H]1C.C=CC(=O)N1CCN(c2c(C#N)c(=O)n(-c3c(C)ccnc3C(C)C)c3nc(-c4c(Cl)c(N)c(Cl)c(F)c4Cl)c(Cl)cc23)C[C@H]1C.C=CC(=O)N1CCN(c2c(C#N)c(=O)n(-c3c(C)ccnc3C(C)C)c3nc(-c4c(Cl)c(N)c(Cl)c(F)c4Cl)c(Cl)cc23)C[C@H]1C. The fourth-order valence-electron chi connectivity index (χ4n) is 17.5. The number of rotatable bonds is 15. The Balaban J connectivity index is 0.000000175. The molecule has 0 bridgehead atoms. The molecular formula is C96H84Cl12F3N21O6. The van der Waals surface area contributed by atoms with Gasteiger partial charge in [0, 0.05) is 128 Å². The average molecular weight is 2110 g/mol. The smallest absolute Gasteiger partial charge is 0.276 e. The van der Waals surface area contributed by atoms with Gasteiger partial charge in [0.15, 0.2) is 17.5 Å². The summed E-state index contributed by atoms with van der Waals surface area (Å²) in [5.41, 5.74) is 20.6. The zero-order valence-corrected chi connectivity index (χ0v) is 84.8. The van der Waals surface area contributed by atoms with Crippen molar-refractivity contribution in [3.8, 4) is 69.0 Å². The molecule has 0 aliphatic carbocycles. The summed E-state index contributed by atoms with van der Waals surface area (Å²) < 4.78 is 49.3. The van der Waals surface area contributed by atoms with E-state index in [0.717, 1.165) is 0 Å². The largest absolute Gasteiger partial charge is 0.396 e. The van der Waals surface area contributed by atoms with Crippen LogP contribution < -0.4 is 48.6 Å². The third-order valence-electron chi connectivity index (χ3n) is 24.1. The number of halogens is 15. The van der Waals surface area contributed by atoms with E-state index in [4.69, 9.17) is 171 Å². The monoisotopic (exact) mass is 2100 g/mol. The van der Waals surface area contributed by atoms with Crippen molar-refractivity contribution in [1.29, 1.82) is 15.8 Å². The second-order valence-corrected chi connectivity index (χ2v) is 38.4. The Morgan fingerprint density at radius 1 is 0.399 bits per heavy atom. The number of anilines is 6. The molecule has 12 aromatic rings. The molecule has 0 unspecified atom stereocenters. The maximum absolute atomic E-state index is 15.1. The number of pyridine rings is 9. The van der Waals surface area contributed by atoms with Crippen LogP contribution in [-0.2, 0) is 14.4 Å². The second-order valence-electron chi connectivity index (χ2n) is 33.8. The topological polar surface area (TPSA) is 363 Å². The lowest BCUT2D eigenvalue weighted by Crippen LogP contribution is -2.54. The van der Waals surface area contributed by atoms with Crippen molar-refractivity contribution in [1.82, 2.24) is 58.3 Å². The summed E-state index contributed by atoms with van der Waals surface area (Å²) in [5, 5.41) is 29.2. The number of aryl methyl sites for hydroxylation is 3. The van der Waals surface area contributed by atoms with Crippen molar-refractivity contribution in [3.05, 3.63) is 252 Å². The minimum Gasteiger partial charge on any atom is -0.396 e. The molecule has 3 aliphatic rings. The summed E-state index contributed by atoms with van der Waals surface area (Å²) in [6.07, 6.45) is 8.67. The first-order valence-electron chi connectivity index (χ1n) is 42.6. The highest BCUT2D eigenvalue weighted by Crippen LogP contribution is 2.52. The average Bonchev–Trinajstić information content (AvgIpc) is 0.726. The molecule has 3 aliphatic heterocycles. The van der Waals surface area contributed by atoms with Gasteiger partial charge in [0.1, 0.15) is 66.9 Å². The molecule has 3 fully saturated rings. The van der Waals surface area contributed by atoms with Crippen LogP contribution in [0, 0.1) is 72.2 Å². The molecule has 138 heavy (non-hydrogen) atoms. The fourth-order valence-corrected chi connectivity index (χ4v) is 20.9. The van der Waals surface area contributed by atoms with Crippen molar-refractivity contribution in [2.45, 2.75) is 119 Å². The molecule has 9 aromatic heterocycles. The number of piperazine rings is 3. The van der Waals surface area contributed by atoms with Crippen LogP contribution in [0.2, 0.25) is 60.3 Å². The zero-order chi connectivity index (χ0) is 101. The summed E-state index contributed by atoms with van der Waals surface area (Å²) in [7, 11) is 0. The first-order chi connectivity index (χ1) is 65.2. The number of carbonyl (C=O) groups excluding carboxylic acids is 3. The van der Waals surface area contributed by atoms with Gasteiger partial charge in [0.25, 0.3) is 16.7 Å². The van der Waals surface area contributed by atoms with Gasteiger partial charge in [-0.2, -0.15) is 15.8 Å². The molecule has 714 valence electrons. The third-order valence-corrected chi connectivity index (χ3v) is 28.4. The van der Waals surface area contributed by atoms with Crippen molar-refractivity contribution >= 4 is 224 Å². The van der Waals surface area contributed by atoms with Gasteiger partial charge in [-0.25, -0.2) is 28.1 Å². The molecule has 0 saturated carbocycles. The fraction of sp³-hybridized carbons (Fsp3) is 0.281. The van der Waals surface area contributed by atoms with E-state index in [1.54, 1.807) is 51.5 Å². The van der Waals surface area contributed by atoms with Gasteiger partial charge in [0.2, 0.25) is 17.7 Å². The molecule has 42 heteroatoms. The number of nitrogens with two attached hydrogens (primary N) is 3. The van der Waals surface area contributed by atoms with Crippen LogP contribution >= 0.6 is 139 Å². The van der Waals surface area contributed by atoms with E-state index in [1.807, 2.05) is 97.8 Å². The standard InChI is InChI=1S/3C32H28Cl4FN7O2/c3*1-6-20(45)43-10-9-42(13-16(43)5)30-17-11-19(33)28(21-22(34)25(37)24(36)26(39)23(21)35)41-31(17)44(32(46)18(30)12-38)29-15(4)7-8-40-27(29)14(2)3/h3*6-8,11,14,16H,1,9-10,13,39H2,2-5H3/t3*16-/m111/s1. The van der Waals surface area contributed by atoms with E-state index in [2.05, 4.69) is 52.9 Å². The van der Waals surface area contributed by atoms with Gasteiger partial charge < -0.3 is 46.6 Å². The molecular weight excluding hydrogens is 2030 g/mol. The van der Waals surface area contributed by atoms with Crippen molar-refractivity contribution < 1.29 is 27.6 Å². The van der Waals surface area contributed by atoms with Crippen LogP contribution in [0.3, 0.4) is 0 Å². The molecule has 27 nitrogen and oxygen atoms in total. The van der Waals surface area contributed by atoms with E-state index in [0.29, 0.717) is 143 Å². The van der Waals surface area contributed by atoms with Crippen LogP contribution in [-0.4, -0.2) is 153 Å². The molecule has 3 saturated heterocycles. The molecule has 3 atom stereocenters. The Hall–Kier alpha value is -11.6. The molecule has 0 radical (unpaired) electrons. The van der Waals surface area contributed by atoms with Gasteiger partial charge >= 0.3 is 0 Å². The quantitative estimate of drug-likeness (QED) is 0.0371. The Morgan fingerprint density at radius 2 is 0.630 bits per heavy atom. The highest BCUT2D eigenvalue weighted by molar-refractivity contribution is 6.48. The van der Waals surface area contributed by atoms with E-state index in [9.17, 15) is 44.6 Å². The minimum absolute atomic E-state index is 0.00623. The predicted molar refractivity (Wildman–Crippen MR) is 546 cm³/mol. The van der Waals surface area contributed by atoms with E-state index < -0.39 is 64.3 Å². The molecule has 3 aromatic carbocycles. The number of hydrogen-bond acceptors (Lipinski definition) is 21. The number of aromatic nitrogens is 9. The van der Waals surface area contributed by atoms with Crippen molar-refractivity contribution in [2.75, 3.05) is 90.8 Å². The zero-order valence-electron chi connectivity index (χ0n) is 75.8. The molecule has 0 spiro atoms. The summed E-state index contributed by atoms with van der Waals surface area (Å²) in [5.74, 6) is -4.08. The summed E-state index contributed by atoms with van der Waals surface area (Å²) >= 11 is 77.5. The number of nitriles is 3. The lowest BCUT2D eigenvalue weighted by Gasteiger charge is -2.41. The van der Waals surface area contributed by atoms with Gasteiger partial charge in [-0.3, -0.25) is 57.4 Å². The number of fused-ring (bicyclic) bond motifs is 3. The van der Waals surface area contributed by atoms with Crippen LogP contribution in [0.25, 0.3) is 83.9 Å². The Morgan fingerprint density at radius 3 is 0.833 bits per heavy atom. The van der Waals surface area contributed by atoms with Crippen LogP contribution in [0.4, 0.5) is 47.3 Å². The summed E-state index contributed by atoms with van der Waals surface area (Å²) in [6.45, 7) is 36.1. The molecule has 6 N–H and O–H groups in total.